The molecule has 9 heteroatoms. The minimum atomic E-state index is -4.00. The van der Waals surface area contributed by atoms with Crippen LogP contribution < -0.4 is 56.5 Å². The standard InChI is InChI=1S/C12H17NO6S.K/c1-5(14)6-9(15)13-7(11(16)17)8(12(2,3)4)20(18,19)10(6)13;/h5-6,10,14H,1-4H3,(H,16,17);/q;+1/p-1/t5-,6+,10-;/m1./s1. The Hall–Kier alpha value is 0.226. The molecule has 0 spiro atoms. The molecule has 7 nitrogen and oxygen atoms in total. The Morgan fingerprint density at radius 2 is 1.86 bits per heavy atom. The third-order valence-corrected chi connectivity index (χ3v) is 6.05. The fourth-order valence-corrected chi connectivity index (χ4v) is 5.60. The summed E-state index contributed by atoms with van der Waals surface area (Å²) < 4.78 is 25.0. The van der Waals surface area contributed by atoms with E-state index in [1.54, 1.807) is 20.8 Å². The number of hydrogen-bond acceptors (Lipinski definition) is 6. The molecule has 0 aromatic carbocycles. The summed E-state index contributed by atoms with van der Waals surface area (Å²) in [5.41, 5.74) is -1.57. The number of aliphatic hydroxyl groups excluding tert-OH is 1. The Bertz CT molecular complexity index is 631. The predicted octanol–water partition coefficient (Wildman–Crippen LogP) is -4.41. The van der Waals surface area contributed by atoms with Crippen LogP contribution in [0.15, 0.2) is 10.6 Å². The molecule has 112 valence electrons. The number of aliphatic hydroxyl groups is 1. The van der Waals surface area contributed by atoms with Crippen LogP contribution in [0.25, 0.3) is 0 Å². The summed E-state index contributed by atoms with van der Waals surface area (Å²) in [5.74, 6) is -3.53. The van der Waals surface area contributed by atoms with E-state index >= 15 is 0 Å². The number of nitrogens with zero attached hydrogens (tertiary/aromatic N) is 1. The van der Waals surface area contributed by atoms with Crippen molar-refractivity contribution in [2.45, 2.75) is 39.2 Å². The Labute approximate surface area is 165 Å². The maximum atomic E-state index is 12.5. The minimum Gasteiger partial charge on any atom is -0.543 e. The van der Waals surface area contributed by atoms with E-state index in [9.17, 15) is 28.2 Å². The monoisotopic (exact) mass is 341 g/mol. The summed E-state index contributed by atoms with van der Waals surface area (Å²) in [6.07, 6.45) is -1.17. The van der Waals surface area contributed by atoms with Gasteiger partial charge in [0.15, 0.2) is 15.2 Å². The van der Waals surface area contributed by atoms with E-state index in [2.05, 4.69) is 0 Å². The summed E-state index contributed by atoms with van der Waals surface area (Å²) in [6.45, 7) is 5.97. The summed E-state index contributed by atoms with van der Waals surface area (Å²) in [6, 6.07) is 0. The number of β-lactam (4-membered cyclic amide) rings is 1. The van der Waals surface area contributed by atoms with E-state index in [1.165, 1.54) is 6.92 Å². The van der Waals surface area contributed by atoms with Gasteiger partial charge in [0, 0.05) is 5.41 Å². The molecule has 3 atom stereocenters. The zero-order valence-electron chi connectivity index (χ0n) is 12.6. The van der Waals surface area contributed by atoms with Gasteiger partial charge in [-0.15, -0.1) is 0 Å². The number of carboxylic acid groups (broad SMARTS) is 1. The van der Waals surface area contributed by atoms with Crippen LogP contribution in [0.4, 0.5) is 0 Å². The fraction of sp³-hybridized carbons (Fsp3) is 0.667. The molecule has 1 fully saturated rings. The summed E-state index contributed by atoms with van der Waals surface area (Å²) in [5, 5.41) is 19.5. The molecule has 0 bridgehead atoms. The first-order valence-corrected chi connectivity index (χ1v) is 7.68. The molecule has 0 saturated carbocycles. The molecule has 1 amide bonds. The number of carbonyl (C=O) groups is 2. The van der Waals surface area contributed by atoms with Crippen molar-refractivity contribution >= 4 is 21.7 Å². The molecule has 2 heterocycles. The molecular weight excluding hydrogens is 325 g/mol. The second-order valence-electron chi connectivity index (χ2n) is 6.13. The maximum absolute atomic E-state index is 12.5. The van der Waals surface area contributed by atoms with Crippen molar-refractivity contribution in [3.63, 3.8) is 0 Å². The molecule has 0 radical (unpaired) electrons. The largest absolute Gasteiger partial charge is 1.00 e. The Kier molecular flexibility index (Phi) is 5.23. The van der Waals surface area contributed by atoms with E-state index in [0.717, 1.165) is 4.90 Å². The predicted molar refractivity (Wildman–Crippen MR) is 66.2 cm³/mol. The quantitative estimate of drug-likeness (QED) is 0.401. The van der Waals surface area contributed by atoms with Crippen LogP contribution >= 0.6 is 0 Å². The van der Waals surface area contributed by atoms with Gasteiger partial charge in [-0.05, 0) is 6.92 Å². The van der Waals surface area contributed by atoms with Crippen LogP contribution in [0.2, 0.25) is 0 Å². The van der Waals surface area contributed by atoms with Crippen molar-refractivity contribution in [1.29, 1.82) is 0 Å². The van der Waals surface area contributed by atoms with Gasteiger partial charge in [0.05, 0.1) is 28.6 Å². The third kappa shape index (κ3) is 2.66. The SMILES string of the molecule is C[C@@H](O)[C@H]1C(=O)N2C(C(=O)[O-])=C(C(C)(C)C)S(=O)(=O)[C@H]12.[K+]. The Balaban J connectivity index is 0.00000220. The van der Waals surface area contributed by atoms with Crippen LogP contribution in [0, 0.1) is 11.3 Å². The number of aliphatic carboxylic acids is 1. The van der Waals surface area contributed by atoms with E-state index in [1.807, 2.05) is 0 Å². The number of sulfone groups is 1. The Morgan fingerprint density at radius 1 is 1.38 bits per heavy atom. The number of carbonyl (C=O) groups excluding carboxylic acids is 2. The second-order valence-corrected chi connectivity index (χ2v) is 8.11. The topological polar surface area (TPSA) is 115 Å². The van der Waals surface area contributed by atoms with Gasteiger partial charge in [0.1, 0.15) is 0 Å². The van der Waals surface area contributed by atoms with Gasteiger partial charge in [-0.1, -0.05) is 20.8 Å². The number of carboxylic acids is 1. The van der Waals surface area contributed by atoms with Crippen LogP contribution in [-0.2, 0) is 19.4 Å². The molecule has 1 saturated heterocycles. The van der Waals surface area contributed by atoms with Crippen molar-refractivity contribution in [3.8, 4) is 0 Å². The van der Waals surface area contributed by atoms with Crippen LogP contribution in [0.3, 0.4) is 0 Å². The zero-order valence-corrected chi connectivity index (χ0v) is 16.5. The third-order valence-electron chi connectivity index (χ3n) is 3.54. The van der Waals surface area contributed by atoms with E-state index in [0.29, 0.717) is 0 Å². The second kappa shape index (κ2) is 5.70. The van der Waals surface area contributed by atoms with Gasteiger partial charge >= 0.3 is 51.4 Å². The summed E-state index contributed by atoms with van der Waals surface area (Å²) >= 11 is 0. The van der Waals surface area contributed by atoms with Gasteiger partial charge in [-0.25, -0.2) is 8.42 Å². The van der Waals surface area contributed by atoms with Crippen molar-refractivity contribution in [2.75, 3.05) is 0 Å². The maximum Gasteiger partial charge on any atom is 1.00 e. The smallest absolute Gasteiger partial charge is 0.543 e. The van der Waals surface area contributed by atoms with E-state index in [-0.39, 0.29) is 56.3 Å². The van der Waals surface area contributed by atoms with Crippen LogP contribution in [0.1, 0.15) is 27.7 Å². The number of hydrogen-bond donors (Lipinski definition) is 1. The van der Waals surface area contributed by atoms with Gasteiger partial charge in [-0.3, -0.25) is 9.69 Å². The van der Waals surface area contributed by atoms with E-state index < -0.39 is 50.2 Å². The van der Waals surface area contributed by atoms with Crippen molar-refractivity contribution in [1.82, 2.24) is 4.90 Å². The molecule has 0 unspecified atom stereocenters. The van der Waals surface area contributed by atoms with Gasteiger partial charge in [-0.2, -0.15) is 0 Å². The molecule has 0 aromatic heterocycles. The fourth-order valence-electron chi connectivity index (χ4n) is 2.84. The molecule has 2 rings (SSSR count). The first kappa shape index (κ1) is 19.3. The van der Waals surface area contributed by atoms with Gasteiger partial charge in [0.25, 0.3) is 0 Å². The normalized spacial score (nSPS) is 28.6. The molecule has 0 aromatic rings. The van der Waals surface area contributed by atoms with E-state index in [4.69, 9.17) is 0 Å². The minimum absolute atomic E-state index is 0. The van der Waals surface area contributed by atoms with Gasteiger partial charge < -0.3 is 15.0 Å². The van der Waals surface area contributed by atoms with Crippen molar-refractivity contribution in [2.24, 2.45) is 11.3 Å². The molecule has 21 heavy (non-hydrogen) atoms. The number of rotatable bonds is 2. The number of allylic oxidation sites excluding steroid dienone is 1. The molecule has 1 N–H and O–H groups in total. The Morgan fingerprint density at radius 3 is 2.19 bits per heavy atom. The van der Waals surface area contributed by atoms with Crippen LogP contribution in [0.5, 0.6) is 0 Å². The van der Waals surface area contributed by atoms with Crippen molar-refractivity contribution < 1.29 is 79.6 Å². The molecule has 0 aliphatic carbocycles. The number of fused-ring (bicyclic) bond motifs is 1. The molecular formula is C12H16KNO6S. The summed E-state index contributed by atoms with van der Waals surface area (Å²) in [4.78, 5) is 23.6. The average Bonchev–Trinajstić information content (AvgIpc) is 2.42. The van der Waals surface area contributed by atoms with Crippen LogP contribution in [-0.4, -0.2) is 41.8 Å². The van der Waals surface area contributed by atoms with Gasteiger partial charge in [0.2, 0.25) is 5.91 Å². The molecule has 2 aliphatic heterocycles. The number of amides is 1. The first-order chi connectivity index (χ1) is 8.92. The zero-order chi connectivity index (χ0) is 15.6. The first-order valence-electron chi connectivity index (χ1n) is 6.13. The van der Waals surface area contributed by atoms with Crippen molar-refractivity contribution in [3.05, 3.63) is 10.6 Å². The molecule has 2 aliphatic rings. The summed E-state index contributed by atoms with van der Waals surface area (Å²) in [7, 11) is -4.00. The average molecular weight is 341 g/mol.